The summed E-state index contributed by atoms with van der Waals surface area (Å²) in [6, 6.07) is 8.18. The molecule has 1 aliphatic heterocycles. The van der Waals surface area contributed by atoms with Gasteiger partial charge in [0.25, 0.3) is 0 Å². The lowest BCUT2D eigenvalue weighted by atomic mass is 10.1. The lowest BCUT2D eigenvalue weighted by molar-refractivity contribution is -0.115. The summed E-state index contributed by atoms with van der Waals surface area (Å²) >= 11 is 3.14. The quantitative estimate of drug-likeness (QED) is 0.916. The number of fused-ring (bicyclic) bond motifs is 1. The third-order valence-corrected chi connectivity index (χ3v) is 4.94. The van der Waals surface area contributed by atoms with Crippen molar-refractivity contribution in [1.82, 2.24) is 4.98 Å². The molecule has 1 atom stereocenters. The van der Waals surface area contributed by atoms with Crippen LogP contribution in [0.4, 0.5) is 5.13 Å². The van der Waals surface area contributed by atoms with Crippen molar-refractivity contribution in [2.45, 2.75) is 23.5 Å². The molecular weight excluding hydrogens is 264 g/mol. The van der Waals surface area contributed by atoms with Gasteiger partial charge in [-0.05, 0) is 25.0 Å². The third kappa shape index (κ3) is 2.28. The van der Waals surface area contributed by atoms with E-state index in [0.29, 0.717) is 5.13 Å². The number of carbonyl (C=O) groups excluding carboxylic acids is 1. The fourth-order valence-electron chi connectivity index (χ4n) is 1.93. The maximum Gasteiger partial charge on any atom is 0.239 e. The third-order valence-electron chi connectivity index (χ3n) is 2.79. The molecule has 0 bridgehead atoms. The fraction of sp³-hybridized carbons (Fsp3) is 0.231. The first-order valence-corrected chi connectivity index (χ1v) is 7.40. The van der Waals surface area contributed by atoms with Crippen LogP contribution in [0.2, 0.25) is 0 Å². The Hall–Kier alpha value is -1.33. The second-order valence-corrected chi connectivity index (χ2v) is 6.66. The smallest absolute Gasteiger partial charge is 0.239 e. The van der Waals surface area contributed by atoms with E-state index in [1.165, 1.54) is 21.8 Å². The minimum Gasteiger partial charge on any atom is -0.301 e. The standard InChI is InChI=1S/C13H12N2OS2/c1-8-7-14-13(17-8)15-12(16)11-6-9-4-2-3-5-10(9)18-11/h2-5,7,11H,6H2,1H3,(H,14,15,16)/t11-/m0/s1. The van der Waals surface area contributed by atoms with Crippen molar-refractivity contribution in [2.24, 2.45) is 0 Å². The predicted molar refractivity (Wildman–Crippen MR) is 75.3 cm³/mol. The van der Waals surface area contributed by atoms with E-state index in [0.717, 1.165) is 11.3 Å². The van der Waals surface area contributed by atoms with Crippen molar-refractivity contribution in [3.8, 4) is 0 Å². The summed E-state index contributed by atoms with van der Waals surface area (Å²) in [5, 5.41) is 3.54. The van der Waals surface area contributed by atoms with Gasteiger partial charge in [0, 0.05) is 16.0 Å². The number of hydrogen-bond acceptors (Lipinski definition) is 4. The number of amides is 1. The van der Waals surface area contributed by atoms with Crippen LogP contribution in [0.15, 0.2) is 35.4 Å². The van der Waals surface area contributed by atoms with Gasteiger partial charge in [0.15, 0.2) is 5.13 Å². The second-order valence-electron chi connectivity index (χ2n) is 4.18. The van der Waals surface area contributed by atoms with E-state index in [1.54, 1.807) is 18.0 Å². The Labute approximate surface area is 114 Å². The van der Waals surface area contributed by atoms with Crippen molar-refractivity contribution in [2.75, 3.05) is 5.32 Å². The number of nitrogens with one attached hydrogen (secondary N) is 1. The second kappa shape index (κ2) is 4.74. The zero-order chi connectivity index (χ0) is 12.5. The van der Waals surface area contributed by atoms with E-state index >= 15 is 0 Å². The lowest BCUT2D eigenvalue weighted by Crippen LogP contribution is -2.24. The van der Waals surface area contributed by atoms with Gasteiger partial charge < -0.3 is 5.32 Å². The van der Waals surface area contributed by atoms with Crippen LogP contribution < -0.4 is 5.32 Å². The highest BCUT2D eigenvalue weighted by Crippen LogP contribution is 2.37. The minimum atomic E-state index is -0.0355. The average molecular weight is 276 g/mol. The summed E-state index contributed by atoms with van der Waals surface area (Å²) in [4.78, 5) is 18.6. The van der Waals surface area contributed by atoms with Crippen molar-refractivity contribution < 1.29 is 4.79 Å². The molecule has 3 rings (SSSR count). The molecule has 0 unspecified atom stereocenters. The van der Waals surface area contributed by atoms with Crippen molar-refractivity contribution >= 4 is 34.1 Å². The number of rotatable bonds is 2. The first-order valence-electron chi connectivity index (χ1n) is 5.70. The van der Waals surface area contributed by atoms with E-state index in [1.807, 2.05) is 19.1 Å². The van der Waals surface area contributed by atoms with Gasteiger partial charge in [-0.3, -0.25) is 4.79 Å². The maximum atomic E-state index is 12.1. The maximum absolute atomic E-state index is 12.1. The number of benzene rings is 1. The topological polar surface area (TPSA) is 42.0 Å². The predicted octanol–water partition coefficient (Wildman–Crippen LogP) is 3.11. The van der Waals surface area contributed by atoms with E-state index < -0.39 is 0 Å². The molecule has 92 valence electrons. The van der Waals surface area contributed by atoms with Crippen LogP contribution in [0.3, 0.4) is 0 Å². The van der Waals surface area contributed by atoms with E-state index in [4.69, 9.17) is 0 Å². The van der Waals surface area contributed by atoms with Gasteiger partial charge >= 0.3 is 0 Å². The van der Waals surface area contributed by atoms with Gasteiger partial charge in [-0.2, -0.15) is 0 Å². The van der Waals surface area contributed by atoms with Crippen LogP contribution in [-0.2, 0) is 11.2 Å². The van der Waals surface area contributed by atoms with Crippen LogP contribution in [0, 0.1) is 6.92 Å². The van der Waals surface area contributed by atoms with Gasteiger partial charge in [0.2, 0.25) is 5.91 Å². The highest BCUT2D eigenvalue weighted by molar-refractivity contribution is 8.01. The molecule has 18 heavy (non-hydrogen) atoms. The van der Waals surface area contributed by atoms with Crippen LogP contribution >= 0.6 is 23.1 Å². The zero-order valence-electron chi connectivity index (χ0n) is 9.84. The summed E-state index contributed by atoms with van der Waals surface area (Å²) in [6.45, 7) is 1.98. The molecule has 1 N–H and O–H groups in total. The summed E-state index contributed by atoms with van der Waals surface area (Å²) in [5.74, 6) is 0.0468. The first-order chi connectivity index (χ1) is 8.72. The number of aryl methyl sites for hydroxylation is 1. The highest BCUT2D eigenvalue weighted by atomic mass is 32.2. The van der Waals surface area contributed by atoms with E-state index in [2.05, 4.69) is 22.4 Å². The molecule has 1 aromatic carbocycles. The lowest BCUT2D eigenvalue weighted by Gasteiger charge is -2.07. The number of thiazole rings is 1. The molecule has 1 aliphatic rings. The Balaban J connectivity index is 1.69. The molecule has 1 amide bonds. The molecule has 0 aliphatic carbocycles. The molecule has 0 radical (unpaired) electrons. The van der Waals surface area contributed by atoms with Crippen LogP contribution in [0.25, 0.3) is 0 Å². The molecule has 3 nitrogen and oxygen atoms in total. The van der Waals surface area contributed by atoms with Crippen molar-refractivity contribution in [3.63, 3.8) is 0 Å². The Kier molecular flexibility index (Phi) is 3.09. The number of carbonyl (C=O) groups is 1. The SMILES string of the molecule is Cc1cnc(NC(=O)[C@@H]2Cc3ccccc3S2)s1. The summed E-state index contributed by atoms with van der Waals surface area (Å²) < 4.78 is 0. The largest absolute Gasteiger partial charge is 0.301 e. The molecule has 0 saturated heterocycles. The van der Waals surface area contributed by atoms with Crippen molar-refractivity contribution in [1.29, 1.82) is 0 Å². The Morgan fingerprint density at radius 1 is 1.44 bits per heavy atom. The number of aromatic nitrogens is 1. The fourth-order valence-corrected chi connectivity index (χ4v) is 3.79. The summed E-state index contributed by atoms with van der Waals surface area (Å²) in [6.07, 6.45) is 2.58. The van der Waals surface area contributed by atoms with Gasteiger partial charge in [-0.1, -0.05) is 18.2 Å². The molecule has 5 heteroatoms. The Morgan fingerprint density at radius 2 is 2.28 bits per heavy atom. The minimum absolute atomic E-state index is 0.0355. The number of anilines is 1. The molecule has 0 spiro atoms. The van der Waals surface area contributed by atoms with Gasteiger partial charge in [0.1, 0.15) is 0 Å². The molecule has 2 aromatic rings. The summed E-state index contributed by atoms with van der Waals surface area (Å²) in [5.41, 5.74) is 1.26. The molecule has 1 aromatic heterocycles. The van der Waals surface area contributed by atoms with Gasteiger partial charge in [0.05, 0.1) is 5.25 Å². The molecule has 0 fully saturated rings. The Morgan fingerprint density at radius 3 is 3.00 bits per heavy atom. The van der Waals surface area contributed by atoms with Crippen LogP contribution in [0.1, 0.15) is 10.4 Å². The number of hydrogen-bond donors (Lipinski definition) is 1. The van der Waals surface area contributed by atoms with Crippen LogP contribution in [-0.4, -0.2) is 16.1 Å². The Bertz CT molecular complexity index is 569. The first kappa shape index (κ1) is 11.7. The summed E-state index contributed by atoms with van der Waals surface area (Å²) in [7, 11) is 0. The van der Waals surface area contributed by atoms with Crippen LogP contribution in [0.5, 0.6) is 0 Å². The van der Waals surface area contributed by atoms with Crippen molar-refractivity contribution in [3.05, 3.63) is 40.9 Å². The molecular formula is C13H12N2OS2. The number of nitrogens with zero attached hydrogens (tertiary/aromatic N) is 1. The molecule has 2 heterocycles. The monoisotopic (exact) mass is 276 g/mol. The van der Waals surface area contributed by atoms with E-state index in [-0.39, 0.29) is 11.2 Å². The average Bonchev–Trinajstić information content (AvgIpc) is 2.95. The number of thioether (sulfide) groups is 1. The highest BCUT2D eigenvalue weighted by Gasteiger charge is 2.28. The van der Waals surface area contributed by atoms with Gasteiger partial charge in [-0.25, -0.2) is 4.98 Å². The molecule has 0 saturated carbocycles. The zero-order valence-corrected chi connectivity index (χ0v) is 11.5. The normalized spacial score (nSPS) is 17.5. The van der Waals surface area contributed by atoms with E-state index in [9.17, 15) is 4.79 Å². The van der Waals surface area contributed by atoms with Gasteiger partial charge in [-0.15, -0.1) is 23.1 Å².